The van der Waals surface area contributed by atoms with Crippen LogP contribution in [0.15, 0.2) is 29.1 Å². The summed E-state index contributed by atoms with van der Waals surface area (Å²) >= 11 is 0. The predicted molar refractivity (Wildman–Crippen MR) is 99.6 cm³/mol. The minimum absolute atomic E-state index is 0.0926. The Labute approximate surface area is 160 Å². The van der Waals surface area contributed by atoms with Crippen molar-refractivity contribution in [2.24, 2.45) is 0 Å². The van der Waals surface area contributed by atoms with Gasteiger partial charge in [0.1, 0.15) is 17.4 Å². The minimum Gasteiger partial charge on any atom is -0.494 e. The average molecular weight is 385 g/mol. The summed E-state index contributed by atoms with van der Waals surface area (Å²) in [5.41, 5.74) is -1.01. The number of nitro groups is 1. The number of hydrogen-bond acceptors (Lipinski definition) is 7. The summed E-state index contributed by atoms with van der Waals surface area (Å²) < 4.78 is 6.36. The number of hydrogen-bond donors (Lipinski definition) is 1. The van der Waals surface area contributed by atoms with Crippen LogP contribution in [0.1, 0.15) is 41.3 Å². The maximum Gasteiger partial charge on any atom is 0.271 e. The lowest BCUT2D eigenvalue weighted by atomic mass is 10.0. The van der Waals surface area contributed by atoms with E-state index in [2.05, 4.69) is 0 Å². The maximum atomic E-state index is 12.6. The number of ether oxygens (including phenoxy) is 1. The van der Waals surface area contributed by atoms with Crippen LogP contribution in [-0.4, -0.2) is 27.0 Å². The summed E-state index contributed by atoms with van der Waals surface area (Å²) in [6.45, 7) is 3.04. The molecule has 0 radical (unpaired) electrons. The average Bonchev–Trinajstić information content (AvgIpc) is 2.67. The van der Waals surface area contributed by atoms with Gasteiger partial charge in [-0.2, -0.15) is 5.26 Å². The molecule has 28 heavy (non-hydrogen) atoms. The second kappa shape index (κ2) is 8.81. The molecule has 0 aliphatic carbocycles. The third-order valence-electron chi connectivity index (χ3n) is 4.23. The van der Waals surface area contributed by atoms with Crippen molar-refractivity contribution in [1.82, 2.24) is 4.57 Å². The molecule has 2 rings (SSSR count). The molecule has 0 unspecified atom stereocenters. The zero-order valence-corrected chi connectivity index (χ0v) is 15.5. The van der Waals surface area contributed by atoms with E-state index in [-0.39, 0.29) is 34.7 Å². The Kier molecular flexibility index (Phi) is 6.50. The number of aromatic hydroxyl groups is 1. The molecule has 0 fully saturated rings. The SMILES string of the molecule is CCCCn1c(O)c(C(=O)COc2ccc([N+](=O)[O-])cc2)c(C)c(C#N)c1=O. The van der Waals surface area contributed by atoms with Gasteiger partial charge in [-0.3, -0.25) is 24.3 Å². The van der Waals surface area contributed by atoms with Gasteiger partial charge in [-0.1, -0.05) is 13.3 Å². The van der Waals surface area contributed by atoms with Gasteiger partial charge in [0.15, 0.2) is 6.61 Å². The van der Waals surface area contributed by atoms with Gasteiger partial charge in [0.2, 0.25) is 11.7 Å². The number of rotatable bonds is 8. The number of benzene rings is 1. The van der Waals surface area contributed by atoms with Gasteiger partial charge >= 0.3 is 0 Å². The van der Waals surface area contributed by atoms with Crippen LogP contribution in [0.25, 0.3) is 0 Å². The number of non-ortho nitro benzene ring substituents is 1. The number of ketones is 1. The molecule has 2 aromatic rings. The highest BCUT2D eigenvalue weighted by Crippen LogP contribution is 2.24. The fourth-order valence-electron chi connectivity index (χ4n) is 2.69. The number of aromatic nitrogens is 1. The molecule has 0 amide bonds. The molecule has 0 bridgehead atoms. The smallest absolute Gasteiger partial charge is 0.271 e. The van der Waals surface area contributed by atoms with Crippen molar-refractivity contribution in [3.05, 3.63) is 61.4 Å². The van der Waals surface area contributed by atoms with Gasteiger partial charge in [0, 0.05) is 18.7 Å². The van der Waals surface area contributed by atoms with E-state index in [1.165, 1.54) is 31.2 Å². The van der Waals surface area contributed by atoms with Crippen LogP contribution in [0.4, 0.5) is 5.69 Å². The van der Waals surface area contributed by atoms with E-state index in [1.54, 1.807) is 6.07 Å². The third-order valence-corrected chi connectivity index (χ3v) is 4.23. The van der Waals surface area contributed by atoms with Crippen LogP contribution in [0.5, 0.6) is 11.6 Å². The number of pyridine rings is 1. The van der Waals surface area contributed by atoms with E-state index in [4.69, 9.17) is 4.74 Å². The Balaban J connectivity index is 2.32. The molecule has 0 spiro atoms. The Morgan fingerprint density at radius 3 is 2.54 bits per heavy atom. The lowest BCUT2D eigenvalue weighted by molar-refractivity contribution is -0.384. The Hall–Kier alpha value is -3.67. The van der Waals surface area contributed by atoms with Crippen LogP contribution < -0.4 is 10.3 Å². The molecule has 1 N–H and O–H groups in total. The maximum absolute atomic E-state index is 12.6. The van der Waals surface area contributed by atoms with Crippen molar-refractivity contribution >= 4 is 11.5 Å². The number of Topliss-reactive ketones (excluding diaryl/α,β-unsaturated/α-hetero) is 1. The van der Waals surface area contributed by atoms with E-state index in [1.807, 2.05) is 6.92 Å². The van der Waals surface area contributed by atoms with E-state index in [0.29, 0.717) is 6.42 Å². The van der Waals surface area contributed by atoms with Crippen LogP contribution in [0.3, 0.4) is 0 Å². The molecule has 0 saturated heterocycles. The Bertz CT molecular complexity index is 1000. The Morgan fingerprint density at radius 1 is 1.36 bits per heavy atom. The van der Waals surface area contributed by atoms with E-state index < -0.39 is 28.8 Å². The molecule has 146 valence electrons. The lowest BCUT2D eigenvalue weighted by Gasteiger charge is -2.15. The number of nitrogens with zero attached hydrogens (tertiary/aromatic N) is 3. The standard InChI is InChI=1S/C19H19N3O6/c1-3-4-9-21-18(24)15(10-20)12(2)17(19(21)25)16(23)11-28-14-7-5-13(6-8-14)22(26)27/h5-8,25H,3-4,9,11H2,1-2H3. The number of nitriles is 1. The number of carbonyl (C=O) groups is 1. The highest BCUT2D eigenvalue weighted by molar-refractivity contribution is 6.01. The van der Waals surface area contributed by atoms with Crippen LogP contribution in [-0.2, 0) is 6.54 Å². The van der Waals surface area contributed by atoms with Crippen molar-refractivity contribution in [1.29, 1.82) is 5.26 Å². The zero-order valence-electron chi connectivity index (χ0n) is 15.5. The molecule has 0 saturated carbocycles. The van der Waals surface area contributed by atoms with Gasteiger partial charge < -0.3 is 9.84 Å². The Morgan fingerprint density at radius 2 is 2.00 bits per heavy atom. The monoisotopic (exact) mass is 385 g/mol. The fraction of sp³-hybridized carbons (Fsp3) is 0.316. The van der Waals surface area contributed by atoms with Crippen molar-refractivity contribution < 1.29 is 19.6 Å². The molecular weight excluding hydrogens is 366 g/mol. The van der Waals surface area contributed by atoms with E-state index >= 15 is 0 Å². The summed E-state index contributed by atoms with van der Waals surface area (Å²) in [5, 5.41) is 30.4. The van der Waals surface area contributed by atoms with Crippen LogP contribution >= 0.6 is 0 Å². The summed E-state index contributed by atoms with van der Waals surface area (Å²) in [4.78, 5) is 35.1. The van der Waals surface area contributed by atoms with Crippen molar-refractivity contribution in [2.45, 2.75) is 33.2 Å². The quantitative estimate of drug-likeness (QED) is 0.419. The van der Waals surface area contributed by atoms with E-state index in [0.717, 1.165) is 11.0 Å². The molecule has 0 aliphatic heterocycles. The van der Waals surface area contributed by atoms with Gasteiger partial charge in [-0.15, -0.1) is 0 Å². The van der Waals surface area contributed by atoms with Crippen LogP contribution in [0.2, 0.25) is 0 Å². The van der Waals surface area contributed by atoms with Gasteiger partial charge in [-0.25, -0.2) is 0 Å². The summed E-state index contributed by atoms with van der Waals surface area (Å²) in [6.07, 6.45) is 1.35. The first-order chi connectivity index (χ1) is 13.3. The lowest BCUT2D eigenvalue weighted by Crippen LogP contribution is -2.27. The molecule has 1 aromatic carbocycles. The largest absolute Gasteiger partial charge is 0.494 e. The van der Waals surface area contributed by atoms with Crippen LogP contribution in [0, 0.1) is 28.4 Å². The normalized spacial score (nSPS) is 10.3. The first-order valence-electron chi connectivity index (χ1n) is 8.58. The predicted octanol–water partition coefficient (Wildman–Crippen LogP) is 2.70. The summed E-state index contributed by atoms with van der Waals surface area (Å²) in [6, 6.07) is 6.96. The first kappa shape index (κ1) is 20.6. The highest BCUT2D eigenvalue weighted by Gasteiger charge is 2.24. The molecule has 0 atom stereocenters. The van der Waals surface area contributed by atoms with Gasteiger partial charge in [0.25, 0.3) is 11.2 Å². The summed E-state index contributed by atoms with van der Waals surface area (Å²) in [7, 11) is 0. The van der Waals surface area contributed by atoms with Crippen molar-refractivity contribution in [3.63, 3.8) is 0 Å². The third kappa shape index (κ3) is 4.17. The molecule has 9 heteroatoms. The van der Waals surface area contributed by atoms with Gasteiger partial charge in [0.05, 0.1) is 10.5 Å². The van der Waals surface area contributed by atoms with Crippen molar-refractivity contribution in [2.75, 3.05) is 6.61 Å². The number of carbonyl (C=O) groups excluding carboxylic acids is 1. The second-order valence-corrected chi connectivity index (χ2v) is 6.08. The molecule has 9 nitrogen and oxygen atoms in total. The highest BCUT2D eigenvalue weighted by atomic mass is 16.6. The topological polar surface area (TPSA) is 135 Å². The molecule has 1 aromatic heterocycles. The summed E-state index contributed by atoms with van der Waals surface area (Å²) in [5.74, 6) is -0.877. The number of nitro benzene ring substituents is 1. The molecule has 0 aliphatic rings. The van der Waals surface area contributed by atoms with Gasteiger partial charge in [-0.05, 0) is 31.0 Å². The second-order valence-electron chi connectivity index (χ2n) is 6.08. The minimum atomic E-state index is -0.640. The number of unbranched alkanes of at least 4 members (excludes halogenated alkanes) is 1. The molecule has 1 heterocycles. The fourth-order valence-corrected chi connectivity index (χ4v) is 2.69. The first-order valence-corrected chi connectivity index (χ1v) is 8.58. The molecular formula is C19H19N3O6. The van der Waals surface area contributed by atoms with Crippen molar-refractivity contribution in [3.8, 4) is 17.7 Å². The van der Waals surface area contributed by atoms with E-state index in [9.17, 15) is 30.1 Å². The zero-order chi connectivity index (χ0) is 20.8.